The number of hydrogen-bond acceptors (Lipinski definition) is 5. The van der Waals surface area contributed by atoms with E-state index in [9.17, 15) is 4.79 Å². The fourth-order valence-electron chi connectivity index (χ4n) is 1.25. The lowest BCUT2D eigenvalue weighted by atomic mass is 10.3. The average molecular weight is 314 g/mol. The highest BCUT2D eigenvalue weighted by molar-refractivity contribution is 6.35. The van der Waals surface area contributed by atoms with Crippen molar-refractivity contribution in [3.8, 4) is 5.75 Å². The topological polar surface area (TPSA) is 81.9 Å². The van der Waals surface area contributed by atoms with Gasteiger partial charge in [0.2, 0.25) is 0 Å². The van der Waals surface area contributed by atoms with Crippen molar-refractivity contribution < 1.29 is 9.53 Å². The van der Waals surface area contributed by atoms with Crippen LogP contribution >= 0.6 is 23.2 Å². The number of hydrogen-bond donors (Lipinski definition) is 1. The largest absolute Gasteiger partial charge is 0.482 e. The van der Waals surface area contributed by atoms with Crippen molar-refractivity contribution in [1.82, 2.24) is 20.2 Å². The van der Waals surface area contributed by atoms with E-state index >= 15 is 0 Å². The number of tetrazole rings is 1. The molecule has 7 nitrogen and oxygen atoms in total. The second-order valence-electron chi connectivity index (χ2n) is 3.53. The zero-order valence-corrected chi connectivity index (χ0v) is 11.6. The Morgan fingerprint density at radius 3 is 2.95 bits per heavy atom. The minimum Gasteiger partial charge on any atom is -0.482 e. The third kappa shape index (κ3) is 3.69. The first-order valence-electron chi connectivity index (χ1n) is 5.38. The van der Waals surface area contributed by atoms with Gasteiger partial charge in [0.1, 0.15) is 5.75 Å². The number of amides is 1. The van der Waals surface area contributed by atoms with Gasteiger partial charge in [0.05, 0.1) is 5.02 Å². The van der Waals surface area contributed by atoms with Crippen molar-refractivity contribution >= 4 is 41.3 Å². The maximum atomic E-state index is 11.6. The predicted molar refractivity (Wildman–Crippen MR) is 74.8 cm³/mol. The van der Waals surface area contributed by atoms with Gasteiger partial charge in [-0.05, 0) is 23.4 Å². The summed E-state index contributed by atoms with van der Waals surface area (Å²) in [5.74, 6) is -0.0331. The molecule has 0 saturated carbocycles. The Morgan fingerprint density at radius 1 is 1.50 bits per heavy atom. The van der Waals surface area contributed by atoms with Crippen molar-refractivity contribution in [2.75, 3.05) is 11.9 Å². The smallest absolute Gasteiger partial charge is 0.270 e. The standard InChI is InChI=1S/C11H9Cl2N5O2/c1-2-18-16-11(15-17-18)14-10(19)6-20-9-4-3-7(12)5-8(9)13/h2-5H,1,6H2,(H,14,16,19). The molecule has 9 heteroatoms. The first kappa shape index (κ1) is 14.3. The number of carbonyl (C=O) groups is 1. The van der Waals surface area contributed by atoms with Gasteiger partial charge in [-0.2, -0.15) is 0 Å². The van der Waals surface area contributed by atoms with E-state index in [4.69, 9.17) is 27.9 Å². The zero-order valence-electron chi connectivity index (χ0n) is 10.1. The van der Waals surface area contributed by atoms with E-state index in [1.54, 1.807) is 12.1 Å². The number of carbonyl (C=O) groups excluding carboxylic acids is 1. The van der Waals surface area contributed by atoms with Gasteiger partial charge in [-0.15, -0.1) is 9.90 Å². The third-order valence-electron chi connectivity index (χ3n) is 2.10. The Kier molecular flexibility index (Phi) is 4.54. The summed E-state index contributed by atoms with van der Waals surface area (Å²) in [6, 6.07) is 4.70. The van der Waals surface area contributed by atoms with Gasteiger partial charge in [0.15, 0.2) is 6.61 Å². The van der Waals surface area contributed by atoms with Gasteiger partial charge < -0.3 is 4.74 Å². The summed E-state index contributed by atoms with van der Waals surface area (Å²) in [5, 5.41) is 14.2. The van der Waals surface area contributed by atoms with Crippen molar-refractivity contribution in [3.05, 3.63) is 34.8 Å². The molecule has 0 aliphatic carbocycles. The molecular weight excluding hydrogens is 305 g/mol. The molecule has 2 aromatic rings. The van der Waals surface area contributed by atoms with Crippen LogP contribution in [0.25, 0.3) is 6.20 Å². The molecule has 2 rings (SSSR count). The molecule has 0 radical (unpaired) electrons. The highest BCUT2D eigenvalue weighted by atomic mass is 35.5. The van der Waals surface area contributed by atoms with Gasteiger partial charge >= 0.3 is 0 Å². The third-order valence-corrected chi connectivity index (χ3v) is 2.63. The molecule has 1 heterocycles. The van der Waals surface area contributed by atoms with Crippen LogP contribution < -0.4 is 10.1 Å². The lowest BCUT2D eigenvalue weighted by molar-refractivity contribution is -0.118. The van der Waals surface area contributed by atoms with Crippen LogP contribution in [-0.2, 0) is 4.79 Å². The summed E-state index contributed by atoms with van der Waals surface area (Å²) in [4.78, 5) is 12.7. The molecule has 0 atom stereocenters. The maximum absolute atomic E-state index is 11.6. The molecule has 1 N–H and O–H groups in total. The molecule has 0 saturated heterocycles. The van der Waals surface area contributed by atoms with Gasteiger partial charge in [-0.25, -0.2) is 0 Å². The van der Waals surface area contributed by atoms with E-state index in [0.29, 0.717) is 15.8 Å². The summed E-state index contributed by atoms with van der Waals surface area (Å²) < 4.78 is 5.25. The number of aromatic nitrogens is 4. The van der Waals surface area contributed by atoms with Gasteiger partial charge in [-0.3, -0.25) is 10.1 Å². The van der Waals surface area contributed by atoms with Crippen LogP contribution in [0.15, 0.2) is 24.8 Å². The van der Waals surface area contributed by atoms with Crippen LogP contribution in [0, 0.1) is 0 Å². The van der Waals surface area contributed by atoms with E-state index in [2.05, 4.69) is 27.3 Å². The normalized spacial score (nSPS) is 10.1. The van der Waals surface area contributed by atoms with Gasteiger partial charge in [0, 0.05) is 11.2 Å². The maximum Gasteiger partial charge on any atom is 0.270 e. The molecule has 0 spiro atoms. The minimum atomic E-state index is -0.445. The molecular formula is C11H9Cl2N5O2. The molecule has 0 unspecified atom stereocenters. The van der Waals surface area contributed by atoms with Crippen LogP contribution in [0.1, 0.15) is 0 Å². The molecule has 20 heavy (non-hydrogen) atoms. The van der Waals surface area contributed by atoms with Gasteiger partial charge in [0.25, 0.3) is 11.9 Å². The highest BCUT2D eigenvalue weighted by Gasteiger charge is 2.09. The highest BCUT2D eigenvalue weighted by Crippen LogP contribution is 2.27. The Balaban J connectivity index is 1.90. The van der Waals surface area contributed by atoms with Crippen molar-refractivity contribution in [3.63, 3.8) is 0 Å². The Labute approximate surface area is 124 Å². The van der Waals surface area contributed by atoms with Crippen molar-refractivity contribution in [1.29, 1.82) is 0 Å². The summed E-state index contributed by atoms with van der Waals surface area (Å²) in [5.41, 5.74) is 0. The monoisotopic (exact) mass is 313 g/mol. The Morgan fingerprint density at radius 2 is 2.30 bits per heavy atom. The lowest BCUT2D eigenvalue weighted by Gasteiger charge is -2.07. The van der Waals surface area contributed by atoms with Gasteiger partial charge in [-0.1, -0.05) is 34.9 Å². The molecule has 1 aromatic carbocycles. The predicted octanol–water partition coefficient (Wildman–Crippen LogP) is 2.10. The SMILES string of the molecule is C=Cn1nnc(NC(=O)COc2ccc(Cl)cc2Cl)n1. The van der Waals surface area contributed by atoms with Crippen LogP contribution in [0.2, 0.25) is 10.0 Å². The second-order valence-corrected chi connectivity index (χ2v) is 4.37. The number of rotatable bonds is 5. The molecule has 1 amide bonds. The molecule has 1 aromatic heterocycles. The molecule has 104 valence electrons. The number of nitrogens with zero attached hydrogens (tertiary/aromatic N) is 4. The molecule has 0 aliphatic rings. The summed E-state index contributed by atoms with van der Waals surface area (Å²) in [6.45, 7) is 3.21. The Hall–Kier alpha value is -2.12. The van der Waals surface area contributed by atoms with E-state index in [0.717, 1.165) is 4.80 Å². The first-order chi connectivity index (χ1) is 9.58. The van der Waals surface area contributed by atoms with Crippen LogP contribution in [-0.4, -0.2) is 32.7 Å². The number of benzene rings is 1. The van der Waals surface area contributed by atoms with Crippen molar-refractivity contribution in [2.45, 2.75) is 0 Å². The Bertz CT molecular complexity index is 643. The fraction of sp³-hybridized carbons (Fsp3) is 0.0909. The summed E-state index contributed by atoms with van der Waals surface area (Å²) in [6.07, 6.45) is 1.34. The van der Waals surface area contributed by atoms with Crippen molar-refractivity contribution in [2.24, 2.45) is 0 Å². The van der Waals surface area contributed by atoms with Crippen LogP contribution in [0.5, 0.6) is 5.75 Å². The second kappa shape index (κ2) is 6.36. The van der Waals surface area contributed by atoms with E-state index < -0.39 is 5.91 Å². The van der Waals surface area contributed by atoms with E-state index in [-0.39, 0.29) is 12.6 Å². The fourth-order valence-corrected chi connectivity index (χ4v) is 1.71. The molecule has 0 fully saturated rings. The van der Waals surface area contributed by atoms with Crippen LogP contribution in [0.3, 0.4) is 0 Å². The first-order valence-corrected chi connectivity index (χ1v) is 6.14. The summed E-state index contributed by atoms with van der Waals surface area (Å²) in [7, 11) is 0. The lowest BCUT2D eigenvalue weighted by Crippen LogP contribution is -2.21. The number of nitrogens with one attached hydrogen (secondary N) is 1. The summed E-state index contributed by atoms with van der Waals surface area (Å²) >= 11 is 11.7. The van der Waals surface area contributed by atoms with Crippen LogP contribution in [0.4, 0.5) is 5.95 Å². The quantitative estimate of drug-likeness (QED) is 0.914. The average Bonchev–Trinajstić information content (AvgIpc) is 2.85. The number of anilines is 1. The number of halogens is 2. The molecule has 0 aliphatic heterocycles. The zero-order chi connectivity index (χ0) is 14.5. The minimum absolute atomic E-state index is 0.0562. The van der Waals surface area contributed by atoms with E-state index in [1.807, 2.05) is 0 Å². The van der Waals surface area contributed by atoms with E-state index in [1.165, 1.54) is 12.3 Å². The number of ether oxygens (including phenoxy) is 1. The molecule has 0 bridgehead atoms.